The fourth-order valence-corrected chi connectivity index (χ4v) is 3.37. The van der Waals surface area contributed by atoms with Crippen LogP contribution in [-0.2, 0) is 10.0 Å². The maximum Gasteiger partial charge on any atom is 0.231 e. The van der Waals surface area contributed by atoms with Gasteiger partial charge in [-0.2, -0.15) is 0 Å². The lowest BCUT2D eigenvalue weighted by molar-refractivity contribution is 0.607. The van der Waals surface area contributed by atoms with E-state index in [-0.39, 0.29) is 10.1 Å². The Hall–Kier alpha value is -1.91. The van der Waals surface area contributed by atoms with Crippen LogP contribution in [-0.4, -0.2) is 24.6 Å². The number of aromatic nitrogens is 1. The van der Waals surface area contributed by atoms with Gasteiger partial charge in [0.15, 0.2) is 15.1 Å². The predicted octanol–water partition coefficient (Wildman–Crippen LogP) is 2.86. The van der Waals surface area contributed by atoms with Crippen molar-refractivity contribution >= 4 is 54.4 Å². The molecule has 1 aromatic carbocycles. The van der Waals surface area contributed by atoms with E-state index in [1.165, 1.54) is 0 Å². The number of anilines is 2. The lowest BCUT2D eigenvalue weighted by atomic mass is 10.2. The zero-order chi connectivity index (χ0) is 16.3. The Kier molecular flexibility index (Phi) is 4.84. The smallest absolute Gasteiger partial charge is 0.231 e. The van der Waals surface area contributed by atoms with Crippen LogP contribution in [0.4, 0.5) is 15.8 Å². The Labute approximate surface area is 137 Å². The third-order valence-corrected chi connectivity index (χ3v) is 4.42. The lowest BCUT2D eigenvalue weighted by Gasteiger charge is -2.00. The van der Waals surface area contributed by atoms with Crippen LogP contribution in [0.15, 0.2) is 34.5 Å². The molecule has 0 amide bonds. The van der Waals surface area contributed by atoms with Crippen LogP contribution in [0.3, 0.4) is 0 Å². The largest absolute Gasteiger partial charge is 0.398 e. The monoisotopic (exact) mass is 355 g/mol. The van der Waals surface area contributed by atoms with Crippen molar-refractivity contribution in [2.45, 2.75) is 6.92 Å². The van der Waals surface area contributed by atoms with E-state index in [1.807, 2.05) is 0 Å². The molecule has 0 atom stereocenters. The third kappa shape index (κ3) is 4.29. The molecule has 1 aromatic heterocycles. The molecule has 0 aliphatic heterocycles. The van der Waals surface area contributed by atoms with Gasteiger partial charge >= 0.3 is 0 Å². The molecular weight excluding hydrogens is 342 g/mol. The van der Waals surface area contributed by atoms with Crippen LogP contribution in [0.1, 0.15) is 11.3 Å². The number of azo groups is 1. The zero-order valence-electron chi connectivity index (χ0n) is 11.8. The molecule has 1 heterocycles. The molecule has 116 valence electrons. The number of hydrogen-bond acceptors (Lipinski definition) is 7. The second-order valence-corrected chi connectivity index (χ2v) is 7.49. The van der Waals surface area contributed by atoms with Gasteiger partial charge in [-0.15, -0.1) is 10.2 Å². The number of nitrogens with two attached hydrogens (primary N) is 1. The summed E-state index contributed by atoms with van der Waals surface area (Å²) in [5, 5.41) is 8.70. The third-order valence-electron chi connectivity index (χ3n) is 2.47. The summed E-state index contributed by atoms with van der Waals surface area (Å²) in [6.45, 7) is 1.71. The molecule has 0 saturated heterocycles. The highest BCUT2D eigenvalue weighted by Crippen LogP contribution is 2.31. The van der Waals surface area contributed by atoms with Crippen molar-refractivity contribution < 1.29 is 8.42 Å². The number of sulfonamides is 1. The minimum atomic E-state index is -3.38. The quantitative estimate of drug-likeness (QED) is 0.498. The van der Waals surface area contributed by atoms with Gasteiger partial charge in [0.2, 0.25) is 10.0 Å². The Bertz CT molecular complexity index is 842. The number of aryl methyl sites for hydroxylation is 1. The summed E-state index contributed by atoms with van der Waals surface area (Å²) >= 11 is 6.25. The van der Waals surface area contributed by atoms with Crippen LogP contribution in [0.2, 0.25) is 0 Å². The van der Waals surface area contributed by atoms with E-state index < -0.39 is 10.0 Å². The van der Waals surface area contributed by atoms with Gasteiger partial charge in [-0.25, -0.2) is 13.4 Å². The number of benzene rings is 1. The summed E-state index contributed by atoms with van der Waals surface area (Å²) in [5.41, 5.74) is 7.52. The molecule has 7 nitrogen and oxygen atoms in total. The van der Waals surface area contributed by atoms with Crippen molar-refractivity contribution in [1.82, 2.24) is 4.98 Å². The van der Waals surface area contributed by atoms with Crippen molar-refractivity contribution in [3.63, 3.8) is 0 Å². The molecule has 2 aromatic rings. The van der Waals surface area contributed by atoms with Gasteiger partial charge in [0.1, 0.15) is 0 Å². The summed E-state index contributed by atoms with van der Waals surface area (Å²) < 4.78 is 24.6. The van der Waals surface area contributed by atoms with Gasteiger partial charge in [0.25, 0.3) is 0 Å². The van der Waals surface area contributed by atoms with Crippen molar-refractivity contribution in [2.24, 2.45) is 10.2 Å². The van der Waals surface area contributed by atoms with Crippen molar-refractivity contribution in [1.29, 1.82) is 0 Å². The minimum Gasteiger partial charge on any atom is -0.398 e. The van der Waals surface area contributed by atoms with Crippen LogP contribution in [0.5, 0.6) is 0 Å². The average Bonchev–Trinajstić information content (AvgIpc) is 2.74. The molecule has 0 aliphatic carbocycles. The fraction of sp³-hybridized carbons (Fsp3) is 0.167. The van der Waals surface area contributed by atoms with E-state index in [2.05, 4.69) is 19.9 Å². The molecule has 0 aliphatic rings. The average molecular weight is 355 g/mol. The van der Waals surface area contributed by atoms with E-state index in [4.69, 9.17) is 18.0 Å². The van der Waals surface area contributed by atoms with E-state index in [0.717, 1.165) is 17.6 Å². The van der Waals surface area contributed by atoms with Crippen molar-refractivity contribution in [2.75, 3.05) is 16.7 Å². The first kappa shape index (κ1) is 16.5. The van der Waals surface area contributed by atoms with E-state index in [9.17, 15) is 8.42 Å². The maximum absolute atomic E-state index is 11.2. The molecule has 0 spiro atoms. The second kappa shape index (κ2) is 6.46. The maximum atomic E-state index is 11.2. The number of rotatable bonds is 4. The molecule has 0 radical (unpaired) electrons. The molecular formula is C12H13N5O2S3. The first-order valence-electron chi connectivity index (χ1n) is 6.02. The topological polar surface area (TPSA) is 110 Å². The van der Waals surface area contributed by atoms with Crippen LogP contribution >= 0.6 is 23.6 Å². The van der Waals surface area contributed by atoms with Gasteiger partial charge in [-0.3, -0.25) is 4.72 Å². The van der Waals surface area contributed by atoms with Gasteiger partial charge in [-0.1, -0.05) is 35.7 Å². The molecule has 0 saturated carbocycles. The molecule has 0 bridgehead atoms. The van der Waals surface area contributed by atoms with Gasteiger partial charge in [0.05, 0.1) is 11.9 Å². The number of nitrogens with one attached hydrogen (secondary N) is 1. The highest BCUT2D eigenvalue weighted by molar-refractivity contribution is 7.92. The fourth-order valence-electron chi connectivity index (χ4n) is 1.52. The molecule has 10 heteroatoms. The number of thiazole rings is 1. The summed E-state index contributed by atoms with van der Waals surface area (Å²) in [4.78, 5) is 4.32. The number of hydrogen-bond donors (Lipinski definition) is 2. The summed E-state index contributed by atoms with van der Waals surface area (Å²) in [5.74, 6) is 0. The van der Waals surface area contributed by atoms with Gasteiger partial charge in [-0.05, 0) is 19.1 Å². The van der Waals surface area contributed by atoms with Crippen molar-refractivity contribution in [3.05, 3.63) is 35.5 Å². The highest BCUT2D eigenvalue weighted by atomic mass is 32.2. The standard InChI is InChI=1S/C12H13N5O2S3/c1-7-11(21-12(14-7)17-22(2,18)19)16-15-10(20)8-5-3-4-6-9(8)13/h3-6H,13H2,1-2H3,(H,14,17). The minimum absolute atomic E-state index is 0.235. The normalized spacial score (nSPS) is 11.7. The van der Waals surface area contributed by atoms with Crippen LogP contribution in [0, 0.1) is 6.92 Å². The Morgan fingerprint density at radius 1 is 1.41 bits per heavy atom. The SMILES string of the molecule is Cc1nc(NS(C)(=O)=O)sc1N=NC(=S)c1ccccc1N. The van der Waals surface area contributed by atoms with E-state index in [1.54, 1.807) is 31.2 Å². The van der Waals surface area contributed by atoms with E-state index in [0.29, 0.717) is 21.9 Å². The number of nitrogen functional groups attached to an aromatic ring is 1. The molecule has 0 fully saturated rings. The lowest BCUT2D eigenvalue weighted by Crippen LogP contribution is -2.08. The zero-order valence-corrected chi connectivity index (χ0v) is 14.2. The molecule has 2 rings (SSSR count). The van der Waals surface area contributed by atoms with E-state index >= 15 is 0 Å². The van der Waals surface area contributed by atoms with Gasteiger partial charge in [0, 0.05) is 11.3 Å². The van der Waals surface area contributed by atoms with Crippen LogP contribution < -0.4 is 10.5 Å². The first-order chi connectivity index (χ1) is 10.3. The Balaban J connectivity index is 2.20. The highest BCUT2D eigenvalue weighted by Gasteiger charge is 2.11. The Morgan fingerprint density at radius 3 is 2.73 bits per heavy atom. The first-order valence-corrected chi connectivity index (χ1v) is 9.13. The molecule has 0 unspecified atom stereocenters. The molecule has 3 N–H and O–H groups in total. The van der Waals surface area contributed by atoms with Gasteiger partial charge < -0.3 is 5.73 Å². The van der Waals surface area contributed by atoms with Crippen molar-refractivity contribution in [3.8, 4) is 0 Å². The Morgan fingerprint density at radius 2 is 2.09 bits per heavy atom. The number of para-hydroxylation sites is 1. The summed E-state index contributed by atoms with van der Waals surface area (Å²) in [7, 11) is -3.38. The number of thiocarbonyl (C=S) groups is 1. The summed E-state index contributed by atoms with van der Waals surface area (Å²) in [6.07, 6.45) is 1.05. The number of nitrogens with zero attached hydrogens (tertiary/aromatic N) is 3. The second-order valence-electron chi connectivity index (χ2n) is 4.38. The van der Waals surface area contributed by atoms with Crippen LogP contribution in [0.25, 0.3) is 0 Å². The summed E-state index contributed by atoms with van der Waals surface area (Å²) in [6, 6.07) is 7.09. The molecule has 22 heavy (non-hydrogen) atoms. The predicted molar refractivity (Wildman–Crippen MR) is 92.4 cm³/mol.